The smallest absolute Gasteiger partial charge is 0.255 e. The van der Waals surface area contributed by atoms with Crippen LogP contribution in [0.25, 0.3) is 33.5 Å². The number of amides is 1. The number of aromatic amines is 1. The number of nitrogens with one attached hydrogen (secondary N) is 2. The summed E-state index contributed by atoms with van der Waals surface area (Å²) in [5.74, 6) is 0.386. The minimum Gasteiger partial charge on any atom is -0.341 e. The lowest BCUT2D eigenvalue weighted by Crippen LogP contribution is -2.28. The Hall–Kier alpha value is -3.74. The molecule has 0 radical (unpaired) electrons. The summed E-state index contributed by atoms with van der Waals surface area (Å²) in [7, 11) is 0. The first kappa shape index (κ1) is 19.9. The average molecular weight is 472 g/mol. The Balaban J connectivity index is 1.49. The van der Waals surface area contributed by atoms with Gasteiger partial charge in [0.15, 0.2) is 0 Å². The molecule has 0 saturated heterocycles. The van der Waals surface area contributed by atoms with Crippen LogP contribution in [0, 0.1) is 0 Å². The number of hydrogen-bond acceptors (Lipinski definition) is 4. The first-order valence-corrected chi connectivity index (χ1v) is 11.0. The summed E-state index contributed by atoms with van der Waals surface area (Å²) in [6, 6.07) is 15.5. The second-order valence-corrected chi connectivity index (χ2v) is 8.53. The largest absolute Gasteiger partial charge is 0.341 e. The predicted octanol–water partition coefficient (Wildman–Crippen LogP) is 5.83. The van der Waals surface area contributed by atoms with Crippen LogP contribution in [0.3, 0.4) is 0 Å². The van der Waals surface area contributed by atoms with Crippen LogP contribution in [0.5, 0.6) is 0 Å². The van der Waals surface area contributed by atoms with E-state index in [4.69, 9.17) is 28.2 Å². The minimum absolute atomic E-state index is 0.205. The van der Waals surface area contributed by atoms with E-state index in [9.17, 15) is 4.79 Å². The highest BCUT2D eigenvalue weighted by atomic mass is 35.5. The van der Waals surface area contributed by atoms with Crippen molar-refractivity contribution in [2.24, 2.45) is 0 Å². The number of aromatic nitrogens is 4. The van der Waals surface area contributed by atoms with Crippen molar-refractivity contribution >= 4 is 40.1 Å². The van der Waals surface area contributed by atoms with Crippen molar-refractivity contribution in [3.05, 3.63) is 100 Å². The number of imidazole rings is 1. The van der Waals surface area contributed by atoms with Gasteiger partial charge in [0.05, 0.1) is 38.9 Å². The van der Waals surface area contributed by atoms with Crippen LogP contribution in [0.15, 0.2) is 73.3 Å². The Labute approximate surface area is 198 Å². The summed E-state index contributed by atoms with van der Waals surface area (Å²) in [5.41, 5.74) is 6.90. The Bertz CT molecular complexity index is 1510. The van der Waals surface area contributed by atoms with Crippen LogP contribution >= 0.6 is 23.2 Å². The number of carbonyl (C=O) groups excluding carboxylic acids is 1. The van der Waals surface area contributed by atoms with Crippen LogP contribution < -0.4 is 5.32 Å². The molecule has 0 spiro atoms. The Morgan fingerprint density at radius 1 is 0.879 bits per heavy atom. The first-order valence-electron chi connectivity index (χ1n) is 10.2. The quantitative estimate of drug-likeness (QED) is 0.346. The van der Waals surface area contributed by atoms with Crippen molar-refractivity contribution in [2.45, 2.75) is 6.04 Å². The molecule has 6 nitrogen and oxygen atoms in total. The van der Waals surface area contributed by atoms with E-state index in [1.54, 1.807) is 12.4 Å². The average Bonchev–Trinajstić information content (AvgIpc) is 3.39. The third-order valence-corrected chi connectivity index (χ3v) is 6.42. The molecule has 0 bridgehead atoms. The van der Waals surface area contributed by atoms with Crippen LogP contribution in [-0.4, -0.2) is 25.8 Å². The van der Waals surface area contributed by atoms with Crippen molar-refractivity contribution in [2.75, 3.05) is 0 Å². The van der Waals surface area contributed by atoms with Crippen molar-refractivity contribution in [1.82, 2.24) is 25.3 Å². The maximum Gasteiger partial charge on any atom is 0.255 e. The number of carbonyl (C=O) groups is 1. The molecule has 6 rings (SSSR count). The lowest BCUT2D eigenvalue weighted by atomic mass is 9.98. The Kier molecular flexibility index (Phi) is 4.64. The standard InChI is InChI=1S/C25H15Cl2N5O/c26-17-10-29-11-18(27)22(17)25(33)32-23-14-5-2-1-4-13(14)21-15(23)6-3-7-16(21)24-30-19-8-9-28-12-20(19)31-24/h1-12,23H,(H,30,31)(H,32,33). The van der Waals surface area contributed by atoms with E-state index in [1.165, 1.54) is 12.4 Å². The van der Waals surface area contributed by atoms with Gasteiger partial charge in [0.2, 0.25) is 0 Å². The SMILES string of the molecule is O=C(NC1c2ccccc2-c2c(-c3nc4ccncc4[nH]3)cccc21)c1c(Cl)cncc1Cl. The van der Waals surface area contributed by atoms with E-state index >= 15 is 0 Å². The molecule has 0 saturated carbocycles. The molecule has 2 aromatic carbocycles. The minimum atomic E-state index is -0.366. The summed E-state index contributed by atoms with van der Waals surface area (Å²) in [5, 5.41) is 3.53. The van der Waals surface area contributed by atoms with E-state index in [0.717, 1.165) is 44.7 Å². The molecule has 1 atom stereocenters. The fraction of sp³-hybridized carbons (Fsp3) is 0.0400. The topological polar surface area (TPSA) is 83.6 Å². The summed E-state index contributed by atoms with van der Waals surface area (Å²) in [6.07, 6.45) is 6.30. The third kappa shape index (κ3) is 3.18. The molecular formula is C25H15Cl2N5O. The van der Waals surface area contributed by atoms with Crippen LogP contribution in [0.1, 0.15) is 27.5 Å². The molecular weight excluding hydrogens is 457 g/mol. The van der Waals surface area contributed by atoms with Gasteiger partial charge in [-0.05, 0) is 28.3 Å². The van der Waals surface area contributed by atoms with Gasteiger partial charge in [-0.2, -0.15) is 0 Å². The fourth-order valence-electron chi connectivity index (χ4n) is 4.42. The lowest BCUT2D eigenvalue weighted by Gasteiger charge is -2.17. The van der Waals surface area contributed by atoms with Gasteiger partial charge in [-0.1, -0.05) is 65.7 Å². The molecule has 8 heteroatoms. The van der Waals surface area contributed by atoms with E-state index in [0.29, 0.717) is 0 Å². The highest BCUT2D eigenvalue weighted by Crippen LogP contribution is 2.47. The molecule has 0 fully saturated rings. The van der Waals surface area contributed by atoms with Gasteiger partial charge in [0.1, 0.15) is 5.82 Å². The zero-order chi connectivity index (χ0) is 22.5. The lowest BCUT2D eigenvalue weighted by molar-refractivity contribution is 0.0944. The number of hydrogen-bond donors (Lipinski definition) is 2. The van der Waals surface area contributed by atoms with Crippen molar-refractivity contribution in [3.8, 4) is 22.5 Å². The molecule has 2 N–H and O–H groups in total. The molecule has 0 aliphatic heterocycles. The highest BCUT2D eigenvalue weighted by Gasteiger charge is 2.33. The van der Waals surface area contributed by atoms with Gasteiger partial charge >= 0.3 is 0 Å². The molecule has 33 heavy (non-hydrogen) atoms. The monoisotopic (exact) mass is 471 g/mol. The van der Waals surface area contributed by atoms with E-state index in [-0.39, 0.29) is 27.6 Å². The summed E-state index contributed by atoms with van der Waals surface area (Å²) < 4.78 is 0. The zero-order valence-electron chi connectivity index (χ0n) is 17.0. The molecule has 160 valence electrons. The van der Waals surface area contributed by atoms with Gasteiger partial charge in [-0.3, -0.25) is 14.8 Å². The van der Waals surface area contributed by atoms with Gasteiger partial charge < -0.3 is 10.3 Å². The first-order chi connectivity index (χ1) is 16.1. The fourth-order valence-corrected chi connectivity index (χ4v) is 4.96. The second kappa shape index (κ2) is 7.69. The maximum atomic E-state index is 13.2. The zero-order valence-corrected chi connectivity index (χ0v) is 18.5. The van der Waals surface area contributed by atoms with Crippen molar-refractivity contribution in [1.29, 1.82) is 0 Å². The Morgan fingerprint density at radius 3 is 2.45 bits per heavy atom. The number of benzene rings is 2. The summed E-state index contributed by atoms with van der Waals surface area (Å²) in [4.78, 5) is 29.4. The Morgan fingerprint density at radius 2 is 1.64 bits per heavy atom. The van der Waals surface area contributed by atoms with Crippen LogP contribution in [0.4, 0.5) is 0 Å². The predicted molar refractivity (Wildman–Crippen MR) is 128 cm³/mol. The van der Waals surface area contributed by atoms with Gasteiger partial charge in [-0.15, -0.1) is 0 Å². The van der Waals surface area contributed by atoms with Crippen molar-refractivity contribution < 1.29 is 4.79 Å². The summed E-state index contributed by atoms with van der Waals surface area (Å²) in [6.45, 7) is 0. The van der Waals surface area contributed by atoms with Gasteiger partial charge in [-0.25, -0.2) is 4.98 Å². The number of pyridine rings is 2. The number of rotatable bonds is 3. The maximum absolute atomic E-state index is 13.2. The van der Waals surface area contributed by atoms with E-state index in [2.05, 4.69) is 26.3 Å². The molecule has 1 aliphatic rings. The van der Waals surface area contributed by atoms with Crippen LogP contribution in [0.2, 0.25) is 10.0 Å². The number of halogens is 2. The van der Waals surface area contributed by atoms with Gasteiger partial charge in [0, 0.05) is 24.2 Å². The molecule has 1 unspecified atom stereocenters. The summed E-state index contributed by atoms with van der Waals surface area (Å²) >= 11 is 12.5. The molecule has 3 aromatic heterocycles. The molecule has 5 aromatic rings. The normalized spacial score (nSPS) is 14.2. The number of H-pyrrole nitrogens is 1. The number of nitrogens with zero attached hydrogens (tertiary/aromatic N) is 3. The third-order valence-electron chi connectivity index (χ3n) is 5.84. The van der Waals surface area contributed by atoms with Crippen LogP contribution in [-0.2, 0) is 0 Å². The molecule has 1 amide bonds. The molecule has 3 heterocycles. The van der Waals surface area contributed by atoms with E-state index < -0.39 is 0 Å². The second-order valence-electron chi connectivity index (χ2n) is 7.72. The number of fused-ring (bicyclic) bond motifs is 4. The van der Waals surface area contributed by atoms with Crippen molar-refractivity contribution in [3.63, 3.8) is 0 Å². The van der Waals surface area contributed by atoms with E-state index in [1.807, 2.05) is 42.5 Å². The molecule has 1 aliphatic carbocycles. The van der Waals surface area contributed by atoms with Gasteiger partial charge in [0.25, 0.3) is 5.91 Å². The highest BCUT2D eigenvalue weighted by molar-refractivity contribution is 6.39.